The molecule has 4 N–H and O–H groups in total. The lowest BCUT2D eigenvalue weighted by Gasteiger charge is -2.28. The Bertz CT molecular complexity index is 1440. The number of nitrogens with one attached hydrogen (secondary N) is 3. The minimum Gasteiger partial charge on any atom is -0.507 e. The number of para-hydroxylation sites is 1. The third-order valence-electron chi connectivity index (χ3n) is 7.66. The summed E-state index contributed by atoms with van der Waals surface area (Å²) in [5.41, 5.74) is -0.507. The van der Waals surface area contributed by atoms with E-state index in [-0.39, 0.29) is 29.4 Å². The Morgan fingerprint density at radius 2 is 1.57 bits per heavy atom. The number of Topliss-reactive ketones (excluding diaryl/α,β-unsaturated/α-hetero) is 1. The summed E-state index contributed by atoms with van der Waals surface area (Å²) in [7, 11) is -3.99. The molecule has 2 saturated carbocycles. The Kier molecular flexibility index (Phi) is 10.7. The van der Waals surface area contributed by atoms with Gasteiger partial charge < -0.3 is 15.7 Å². The average molecular weight is 642 g/mol. The Hall–Kier alpha value is -3.52. The van der Waals surface area contributed by atoms with Gasteiger partial charge in [0.25, 0.3) is 5.91 Å². The highest BCUT2D eigenvalue weighted by Gasteiger charge is 2.44. The number of sulfone groups is 1. The number of alkyl halides is 3. The van der Waals surface area contributed by atoms with Crippen LogP contribution in [0.15, 0.2) is 48.5 Å². The van der Waals surface area contributed by atoms with Gasteiger partial charge in [0, 0.05) is 0 Å². The maximum atomic E-state index is 14.2. The molecular formula is C30H35F4N3O6S. The number of phenolic OH excluding ortho intramolecular Hbond substituents is 1. The molecule has 2 fully saturated rings. The fourth-order valence-electron chi connectivity index (χ4n) is 4.85. The molecule has 3 unspecified atom stereocenters. The number of carbonyl (C=O) groups is 3. The van der Waals surface area contributed by atoms with Crippen LogP contribution < -0.4 is 16.0 Å². The molecule has 44 heavy (non-hydrogen) atoms. The number of carbonyl (C=O) groups excluding carboxylic acids is 3. The van der Waals surface area contributed by atoms with E-state index in [9.17, 15) is 45.5 Å². The van der Waals surface area contributed by atoms with Crippen molar-refractivity contribution in [3.05, 3.63) is 65.5 Å². The van der Waals surface area contributed by atoms with E-state index in [0.29, 0.717) is 25.2 Å². The number of halogens is 4. The fraction of sp³-hybridized carbons (Fsp3) is 0.500. The van der Waals surface area contributed by atoms with Gasteiger partial charge in [-0.05, 0) is 67.3 Å². The van der Waals surface area contributed by atoms with Crippen LogP contribution in [0.2, 0.25) is 0 Å². The summed E-state index contributed by atoms with van der Waals surface area (Å²) < 4.78 is 81.8. The number of rotatable bonds is 16. The Morgan fingerprint density at radius 3 is 2.16 bits per heavy atom. The number of hydrogen-bond donors (Lipinski definition) is 4. The van der Waals surface area contributed by atoms with Crippen LogP contribution in [0.1, 0.15) is 60.5 Å². The predicted molar refractivity (Wildman–Crippen MR) is 153 cm³/mol. The highest BCUT2D eigenvalue weighted by Crippen LogP contribution is 2.35. The van der Waals surface area contributed by atoms with Gasteiger partial charge in [-0.15, -0.1) is 0 Å². The summed E-state index contributed by atoms with van der Waals surface area (Å²) in [6.07, 6.45) is -1.15. The molecular weight excluding hydrogens is 606 g/mol. The van der Waals surface area contributed by atoms with E-state index in [1.807, 2.05) is 0 Å². The van der Waals surface area contributed by atoms with Crippen LogP contribution in [0.5, 0.6) is 5.75 Å². The maximum absolute atomic E-state index is 14.2. The SMILES string of the molecule is O=C(NCC(=O)C(CCC1CC1)NC(=O)C(CS(=O)(=O)CC1CC1)NC(c1ccc(F)cc1)C(F)(F)F)c1ccccc1O. The van der Waals surface area contributed by atoms with Crippen molar-refractivity contribution < 1.29 is 45.5 Å². The quantitative estimate of drug-likeness (QED) is 0.205. The fourth-order valence-corrected chi connectivity index (χ4v) is 6.79. The molecule has 2 aliphatic carbocycles. The Balaban J connectivity index is 1.53. The van der Waals surface area contributed by atoms with Crippen LogP contribution in [0.3, 0.4) is 0 Å². The van der Waals surface area contributed by atoms with Crippen LogP contribution in [0.4, 0.5) is 17.6 Å². The van der Waals surface area contributed by atoms with Crippen LogP contribution in [-0.2, 0) is 19.4 Å². The second-order valence-electron chi connectivity index (χ2n) is 11.5. The van der Waals surface area contributed by atoms with Crippen LogP contribution in [0, 0.1) is 17.7 Å². The van der Waals surface area contributed by atoms with Gasteiger partial charge in [0.05, 0.1) is 29.7 Å². The number of benzene rings is 2. The standard InChI is InChI=1S/C30H35F4N3O6S/c31-21-12-10-20(11-13-21)27(30(32,33)34)36-24(17-44(42,43)16-19-7-8-19)29(41)37-23(14-9-18-5-6-18)26(39)15-35-28(40)22-3-1-2-4-25(22)38/h1-4,10-13,18-19,23-24,27,36,38H,5-9,14-17H2,(H,35,40)(H,37,41). The molecule has 240 valence electrons. The van der Waals surface area contributed by atoms with E-state index in [4.69, 9.17) is 0 Å². The molecule has 2 aliphatic rings. The summed E-state index contributed by atoms with van der Waals surface area (Å²) in [5.74, 6) is -4.64. The van der Waals surface area contributed by atoms with Crippen molar-refractivity contribution in [3.8, 4) is 5.75 Å². The lowest BCUT2D eigenvalue weighted by atomic mass is 10.0. The molecule has 0 aliphatic heterocycles. The first-order chi connectivity index (χ1) is 20.7. The lowest BCUT2D eigenvalue weighted by molar-refractivity contribution is -0.160. The first-order valence-electron chi connectivity index (χ1n) is 14.4. The average Bonchev–Trinajstić information content (AvgIpc) is 3.89. The van der Waals surface area contributed by atoms with Crippen molar-refractivity contribution in [2.75, 3.05) is 18.1 Å². The molecule has 0 radical (unpaired) electrons. The van der Waals surface area contributed by atoms with Gasteiger partial charge in [-0.1, -0.05) is 37.1 Å². The number of aromatic hydroxyl groups is 1. The number of phenols is 1. The first-order valence-corrected chi connectivity index (χ1v) is 16.2. The second-order valence-corrected chi connectivity index (χ2v) is 13.7. The molecule has 0 aromatic heterocycles. The van der Waals surface area contributed by atoms with Crippen molar-refractivity contribution in [2.24, 2.45) is 11.8 Å². The molecule has 0 heterocycles. The van der Waals surface area contributed by atoms with Gasteiger partial charge in [-0.25, -0.2) is 12.8 Å². The molecule has 14 heteroatoms. The van der Waals surface area contributed by atoms with Crippen LogP contribution in [-0.4, -0.2) is 67.4 Å². The molecule has 9 nitrogen and oxygen atoms in total. The summed E-state index contributed by atoms with van der Waals surface area (Å²) in [6, 6.07) is 3.46. The predicted octanol–water partition coefficient (Wildman–Crippen LogP) is 3.59. The Labute approximate surface area is 252 Å². The van der Waals surface area contributed by atoms with Gasteiger partial charge >= 0.3 is 6.18 Å². The lowest BCUT2D eigenvalue weighted by Crippen LogP contribution is -2.56. The van der Waals surface area contributed by atoms with Gasteiger partial charge in [0.1, 0.15) is 23.7 Å². The van der Waals surface area contributed by atoms with Crippen molar-refractivity contribution in [1.82, 2.24) is 16.0 Å². The third kappa shape index (κ3) is 10.0. The Morgan fingerprint density at radius 1 is 0.932 bits per heavy atom. The smallest absolute Gasteiger partial charge is 0.407 e. The molecule has 0 saturated heterocycles. The molecule has 4 rings (SSSR count). The van der Waals surface area contributed by atoms with Crippen molar-refractivity contribution >= 4 is 27.4 Å². The minimum atomic E-state index is -4.98. The van der Waals surface area contributed by atoms with Crippen molar-refractivity contribution in [2.45, 2.75) is 62.8 Å². The molecule has 2 aromatic rings. The highest BCUT2D eigenvalue weighted by molar-refractivity contribution is 7.91. The van der Waals surface area contributed by atoms with Gasteiger partial charge in [-0.2, -0.15) is 13.2 Å². The van der Waals surface area contributed by atoms with E-state index in [1.165, 1.54) is 24.3 Å². The largest absolute Gasteiger partial charge is 0.507 e. The van der Waals surface area contributed by atoms with Gasteiger partial charge in [-0.3, -0.25) is 19.7 Å². The normalized spacial score (nSPS) is 17.4. The maximum Gasteiger partial charge on any atom is 0.407 e. The molecule has 2 aromatic carbocycles. The van der Waals surface area contributed by atoms with Crippen molar-refractivity contribution in [1.29, 1.82) is 0 Å². The number of hydrogen-bond acceptors (Lipinski definition) is 7. The van der Waals surface area contributed by atoms with Crippen LogP contribution >= 0.6 is 0 Å². The van der Waals surface area contributed by atoms with E-state index in [0.717, 1.165) is 37.1 Å². The van der Waals surface area contributed by atoms with E-state index < -0.39 is 75.4 Å². The number of amides is 2. The molecule has 3 atom stereocenters. The molecule has 0 bridgehead atoms. The zero-order chi connectivity index (χ0) is 32.1. The van der Waals surface area contributed by atoms with E-state index >= 15 is 0 Å². The molecule has 2 amide bonds. The summed E-state index contributed by atoms with van der Waals surface area (Å²) in [6.45, 7) is -0.554. The summed E-state index contributed by atoms with van der Waals surface area (Å²) in [5, 5.41) is 16.9. The monoisotopic (exact) mass is 641 g/mol. The summed E-state index contributed by atoms with van der Waals surface area (Å²) in [4.78, 5) is 39.2. The highest BCUT2D eigenvalue weighted by atomic mass is 32.2. The van der Waals surface area contributed by atoms with E-state index in [1.54, 1.807) is 0 Å². The number of ketones is 1. The second kappa shape index (κ2) is 14.1. The first kappa shape index (κ1) is 33.4. The minimum absolute atomic E-state index is 0.0806. The van der Waals surface area contributed by atoms with E-state index in [2.05, 4.69) is 16.0 Å². The summed E-state index contributed by atoms with van der Waals surface area (Å²) >= 11 is 0. The zero-order valence-corrected chi connectivity index (χ0v) is 24.6. The topological polar surface area (TPSA) is 142 Å². The van der Waals surface area contributed by atoms with Crippen molar-refractivity contribution in [3.63, 3.8) is 0 Å². The van der Waals surface area contributed by atoms with Gasteiger partial charge in [0.15, 0.2) is 15.6 Å². The van der Waals surface area contributed by atoms with Crippen LogP contribution in [0.25, 0.3) is 0 Å². The molecule has 0 spiro atoms. The third-order valence-corrected chi connectivity index (χ3v) is 9.48. The zero-order valence-electron chi connectivity index (χ0n) is 23.8. The van der Waals surface area contributed by atoms with Gasteiger partial charge in [0.2, 0.25) is 5.91 Å².